The van der Waals surface area contributed by atoms with Crippen LogP contribution in [0.15, 0.2) is 48.5 Å². The Morgan fingerprint density at radius 3 is 2.33 bits per heavy atom. The maximum Gasteiger partial charge on any atom is 0.226 e. The van der Waals surface area contributed by atoms with E-state index in [0.29, 0.717) is 6.54 Å². The van der Waals surface area contributed by atoms with E-state index in [1.165, 1.54) is 25.5 Å². The molecule has 3 rings (SSSR count). The molecule has 2 amide bonds. The number of nitrogens with one attached hydrogen (secondary N) is 1. The number of carbonyl (C=O) groups is 2. The number of nitrogens with zero attached hydrogens (tertiary/aromatic N) is 2. The van der Waals surface area contributed by atoms with Crippen molar-refractivity contribution in [2.45, 2.75) is 33.1 Å². The molecule has 1 aliphatic rings. The Kier molecular flexibility index (Phi) is 6.12. The number of carbonyl (C=O) groups excluding carboxylic acids is 2. The molecule has 1 aliphatic heterocycles. The molecular weight excluding hydrogens is 338 g/mol. The number of hydrogen-bond acceptors (Lipinski definition) is 3. The first-order chi connectivity index (χ1) is 13.0. The van der Waals surface area contributed by atoms with Crippen LogP contribution < -0.4 is 15.1 Å². The molecule has 0 atom stereocenters. The van der Waals surface area contributed by atoms with Gasteiger partial charge >= 0.3 is 0 Å². The highest BCUT2D eigenvalue weighted by molar-refractivity contribution is 5.95. The molecule has 0 aromatic heterocycles. The summed E-state index contributed by atoms with van der Waals surface area (Å²) in [5.41, 5.74) is 3.86. The van der Waals surface area contributed by atoms with Crippen LogP contribution in [-0.4, -0.2) is 31.4 Å². The Morgan fingerprint density at radius 2 is 1.70 bits per heavy atom. The van der Waals surface area contributed by atoms with Crippen LogP contribution in [0.3, 0.4) is 0 Å². The molecule has 0 aliphatic carbocycles. The van der Waals surface area contributed by atoms with E-state index < -0.39 is 0 Å². The summed E-state index contributed by atoms with van der Waals surface area (Å²) < 4.78 is 0. The van der Waals surface area contributed by atoms with E-state index >= 15 is 0 Å². The molecule has 0 spiro atoms. The zero-order chi connectivity index (χ0) is 19.2. The Hall–Kier alpha value is -2.82. The van der Waals surface area contributed by atoms with E-state index in [4.69, 9.17) is 0 Å². The van der Waals surface area contributed by atoms with E-state index in [2.05, 4.69) is 22.3 Å². The van der Waals surface area contributed by atoms with Gasteiger partial charge in [-0.2, -0.15) is 0 Å². The van der Waals surface area contributed by atoms with Gasteiger partial charge in [-0.05, 0) is 55.7 Å². The van der Waals surface area contributed by atoms with Gasteiger partial charge < -0.3 is 15.1 Å². The van der Waals surface area contributed by atoms with Gasteiger partial charge in [0.05, 0.1) is 0 Å². The van der Waals surface area contributed by atoms with E-state index in [9.17, 15) is 9.59 Å². The van der Waals surface area contributed by atoms with Crippen molar-refractivity contribution in [1.82, 2.24) is 0 Å². The standard InChI is InChI=1S/C22H27N3O2/c1-17-7-3-4-8-21(17)25(18(2)26)16-13-22(27)23-19-9-11-20(12-10-19)24-14-5-6-15-24/h3-4,7-12H,5-6,13-16H2,1-2H3,(H,23,27). The smallest absolute Gasteiger partial charge is 0.226 e. The van der Waals surface area contributed by atoms with Crippen LogP contribution in [0.1, 0.15) is 31.7 Å². The molecule has 0 radical (unpaired) electrons. The first-order valence-corrected chi connectivity index (χ1v) is 9.53. The fourth-order valence-corrected chi connectivity index (χ4v) is 3.48. The van der Waals surface area contributed by atoms with Crippen molar-refractivity contribution >= 4 is 28.9 Å². The van der Waals surface area contributed by atoms with Crippen LogP contribution in [0.5, 0.6) is 0 Å². The average Bonchev–Trinajstić information content (AvgIpc) is 3.18. The lowest BCUT2D eigenvalue weighted by molar-refractivity contribution is -0.117. The predicted octanol–water partition coefficient (Wildman–Crippen LogP) is 3.98. The lowest BCUT2D eigenvalue weighted by Crippen LogP contribution is -2.32. The number of para-hydroxylation sites is 1. The van der Waals surface area contributed by atoms with E-state index in [-0.39, 0.29) is 18.2 Å². The van der Waals surface area contributed by atoms with Gasteiger partial charge in [-0.15, -0.1) is 0 Å². The Balaban J connectivity index is 1.56. The van der Waals surface area contributed by atoms with Gasteiger partial charge in [0.1, 0.15) is 0 Å². The Labute approximate surface area is 161 Å². The normalized spacial score (nSPS) is 13.5. The molecule has 1 N–H and O–H groups in total. The third kappa shape index (κ3) is 4.88. The molecule has 1 fully saturated rings. The first kappa shape index (κ1) is 19.0. The van der Waals surface area contributed by atoms with Crippen molar-refractivity contribution in [3.05, 3.63) is 54.1 Å². The molecule has 1 saturated heterocycles. The van der Waals surface area contributed by atoms with Crippen molar-refractivity contribution in [3.8, 4) is 0 Å². The summed E-state index contributed by atoms with van der Waals surface area (Å²) >= 11 is 0. The SMILES string of the molecule is CC(=O)N(CCC(=O)Nc1ccc(N2CCCC2)cc1)c1ccccc1C. The van der Waals surface area contributed by atoms with Gasteiger partial charge in [0.25, 0.3) is 0 Å². The van der Waals surface area contributed by atoms with Gasteiger partial charge in [-0.1, -0.05) is 18.2 Å². The molecule has 5 heteroatoms. The molecule has 0 bridgehead atoms. The number of benzene rings is 2. The minimum Gasteiger partial charge on any atom is -0.372 e. The second kappa shape index (κ2) is 8.71. The molecule has 1 heterocycles. The van der Waals surface area contributed by atoms with Crippen molar-refractivity contribution in [2.24, 2.45) is 0 Å². The van der Waals surface area contributed by atoms with Crippen molar-refractivity contribution in [2.75, 3.05) is 34.8 Å². The summed E-state index contributed by atoms with van der Waals surface area (Å²) in [6, 6.07) is 15.7. The lowest BCUT2D eigenvalue weighted by atomic mass is 10.1. The van der Waals surface area contributed by atoms with Gasteiger partial charge in [0.15, 0.2) is 0 Å². The van der Waals surface area contributed by atoms with Crippen LogP contribution in [0.25, 0.3) is 0 Å². The third-order valence-electron chi connectivity index (χ3n) is 4.97. The third-order valence-corrected chi connectivity index (χ3v) is 4.97. The van der Waals surface area contributed by atoms with Crippen molar-refractivity contribution in [1.29, 1.82) is 0 Å². The minimum absolute atomic E-state index is 0.0629. The van der Waals surface area contributed by atoms with Crippen LogP contribution >= 0.6 is 0 Å². The van der Waals surface area contributed by atoms with E-state index in [0.717, 1.165) is 30.0 Å². The molecule has 0 saturated carbocycles. The quantitative estimate of drug-likeness (QED) is 0.842. The zero-order valence-electron chi connectivity index (χ0n) is 16.1. The highest BCUT2D eigenvalue weighted by Gasteiger charge is 2.16. The zero-order valence-corrected chi connectivity index (χ0v) is 16.1. The van der Waals surface area contributed by atoms with Crippen molar-refractivity contribution in [3.63, 3.8) is 0 Å². The fraction of sp³-hybridized carbons (Fsp3) is 0.364. The summed E-state index contributed by atoms with van der Waals surface area (Å²) in [7, 11) is 0. The van der Waals surface area contributed by atoms with E-state index in [1.807, 2.05) is 43.3 Å². The topological polar surface area (TPSA) is 52.7 Å². The summed E-state index contributed by atoms with van der Waals surface area (Å²) in [4.78, 5) is 28.4. The maximum absolute atomic E-state index is 12.3. The molecule has 0 unspecified atom stereocenters. The number of rotatable bonds is 6. The van der Waals surface area contributed by atoms with Gasteiger partial charge in [-0.25, -0.2) is 0 Å². The number of anilines is 3. The predicted molar refractivity (Wildman–Crippen MR) is 110 cm³/mol. The second-order valence-corrected chi connectivity index (χ2v) is 7.00. The molecule has 2 aromatic rings. The molecule has 142 valence electrons. The van der Waals surface area contributed by atoms with Gasteiger partial charge in [-0.3, -0.25) is 9.59 Å². The van der Waals surface area contributed by atoms with Crippen LogP contribution in [-0.2, 0) is 9.59 Å². The second-order valence-electron chi connectivity index (χ2n) is 7.00. The molecular formula is C22H27N3O2. The minimum atomic E-state index is -0.0937. The Morgan fingerprint density at radius 1 is 1.04 bits per heavy atom. The summed E-state index contributed by atoms with van der Waals surface area (Å²) in [6.07, 6.45) is 2.74. The largest absolute Gasteiger partial charge is 0.372 e. The number of hydrogen-bond donors (Lipinski definition) is 1. The van der Waals surface area contributed by atoms with Gasteiger partial charge in [0.2, 0.25) is 11.8 Å². The maximum atomic E-state index is 12.3. The summed E-state index contributed by atoms with van der Waals surface area (Å²) in [5.74, 6) is -0.157. The average molecular weight is 365 g/mol. The van der Waals surface area contributed by atoms with Crippen LogP contribution in [0, 0.1) is 6.92 Å². The first-order valence-electron chi connectivity index (χ1n) is 9.53. The number of amides is 2. The lowest BCUT2D eigenvalue weighted by Gasteiger charge is -2.23. The Bertz CT molecular complexity index is 795. The van der Waals surface area contributed by atoms with Crippen molar-refractivity contribution < 1.29 is 9.59 Å². The van der Waals surface area contributed by atoms with E-state index in [1.54, 1.807) is 4.90 Å². The van der Waals surface area contributed by atoms with Crippen LogP contribution in [0.4, 0.5) is 17.1 Å². The van der Waals surface area contributed by atoms with Crippen LogP contribution in [0.2, 0.25) is 0 Å². The highest BCUT2D eigenvalue weighted by atomic mass is 16.2. The monoisotopic (exact) mass is 365 g/mol. The fourth-order valence-electron chi connectivity index (χ4n) is 3.48. The molecule has 27 heavy (non-hydrogen) atoms. The van der Waals surface area contributed by atoms with Gasteiger partial charge in [0, 0.05) is 50.0 Å². The number of aryl methyl sites for hydroxylation is 1. The summed E-state index contributed by atoms with van der Waals surface area (Å²) in [6.45, 7) is 6.06. The molecule has 2 aromatic carbocycles. The molecule has 5 nitrogen and oxygen atoms in total. The highest BCUT2D eigenvalue weighted by Crippen LogP contribution is 2.23. The summed E-state index contributed by atoms with van der Waals surface area (Å²) in [5, 5.41) is 2.92.